The molecule has 0 aromatic heterocycles. The average Bonchev–Trinajstić information content (AvgIpc) is 2.93. The Morgan fingerprint density at radius 1 is 0.805 bits per heavy atom. The molecule has 232 valence electrons. The summed E-state index contributed by atoms with van der Waals surface area (Å²) < 4.78 is 112. The van der Waals surface area contributed by atoms with E-state index in [1.807, 2.05) is 0 Å². The van der Waals surface area contributed by atoms with Crippen molar-refractivity contribution in [3.05, 3.63) is 35.4 Å². The molecule has 2 fully saturated rings. The molecule has 41 heavy (non-hydrogen) atoms. The van der Waals surface area contributed by atoms with Crippen LogP contribution in [0.1, 0.15) is 84.0 Å². The third-order valence-electron chi connectivity index (χ3n) is 8.56. The highest BCUT2D eigenvalue weighted by Crippen LogP contribution is 2.41. The molecule has 1 saturated carbocycles. The zero-order chi connectivity index (χ0) is 29.6. The SMILES string of the molecule is CCCCC1CC=C(C2CCC(CCC3COC(C(F)(F)Oc4cc(F)c(OC(F)(F)F)c(F)c4)OC3)CC2)CC1. The number of hydrogen-bond acceptors (Lipinski definition) is 4. The molecule has 1 aromatic rings. The zero-order valence-electron chi connectivity index (χ0n) is 23.3. The van der Waals surface area contributed by atoms with Crippen molar-refractivity contribution in [2.45, 2.75) is 103 Å². The minimum absolute atomic E-state index is 0.00608. The Hall–Kier alpha value is -2.01. The summed E-state index contributed by atoms with van der Waals surface area (Å²) >= 11 is 0. The van der Waals surface area contributed by atoms with Crippen molar-refractivity contribution >= 4 is 0 Å². The molecule has 0 N–H and O–H groups in total. The van der Waals surface area contributed by atoms with Crippen LogP contribution in [0.2, 0.25) is 0 Å². The summed E-state index contributed by atoms with van der Waals surface area (Å²) in [6.45, 7) is 2.25. The molecule has 0 bridgehead atoms. The molecule has 4 rings (SSSR count). The number of rotatable bonds is 11. The molecule has 0 spiro atoms. The van der Waals surface area contributed by atoms with E-state index in [0.29, 0.717) is 11.8 Å². The smallest absolute Gasteiger partial charge is 0.429 e. The third-order valence-corrected chi connectivity index (χ3v) is 8.56. The fourth-order valence-corrected chi connectivity index (χ4v) is 6.25. The molecule has 0 radical (unpaired) electrons. The Labute approximate surface area is 236 Å². The van der Waals surface area contributed by atoms with Crippen molar-refractivity contribution in [2.24, 2.45) is 23.7 Å². The van der Waals surface area contributed by atoms with E-state index in [1.165, 1.54) is 51.4 Å². The van der Waals surface area contributed by atoms with Gasteiger partial charge in [0.1, 0.15) is 5.75 Å². The predicted molar refractivity (Wildman–Crippen MR) is 137 cm³/mol. The van der Waals surface area contributed by atoms with Crippen LogP contribution in [0.15, 0.2) is 23.8 Å². The van der Waals surface area contributed by atoms with E-state index in [4.69, 9.17) is 9.47 Å². The van der Waals surface area contributed by atoms with Crippen LogP contribution in [0.3, 0.4) is 0 Å². The van der Waals surface area contributed by atoms with E-state index in [-0.39, 0.29) is 31.3 Å². The summed E-state index contributed by atoms with van der Waals surface area (Å²) in [5, 5.41) is 0. The topological polar surface area (TPSA) is 36.9 Å². The van der Waals surface area contributed by atoms with Crippen LogP contribution in [-0.4, -0.2) is 32.0 Å². The van der Waals surface area contributed by atoms with E-state index in [2.05, 4.69) is 22.5 Å². The lowest BCUT2D eigenvalue weighted by Gasteiger charge is -2.35. The number of unbranched alkanes of at least 4 members (excludes halogenated alkanes) is 1. The first-order valence-electron chi connectivity index (χ1n) is 14.7. The van der Waals surface area contributed by atoms with Crippen molar-refractivity contribution in [2.75, 3.05) is 13.2 Å². The Kier molecular flexibility index (Phi) is 10.9. The highest BCUT2D eigenvalue weighted by molar-refractivity contribution is 5.35. The molecule has 1 unspecified atom stereocenters. The van der Waals surface area contributed by atoms with Gasteiger partial charge < -0.3 is 18.9 Å². The summed E-state index contributed by atoms with van der Waals surface area (Å²) in [6.07, 6.45) is 5.00. The minimum atomic E-state index is -5.36. The van der Waals surface area contributed by atoms with Crippen molar-refractivity contribution in [3.63, 3.8) is 0 Å². The maximum atomic E-state index is 14.6. The summed E-state index contributed by atoms with van der Waals surface area (Å²) in [7, 11) is 0. The van der Waals surface area contributed by atoms with Crippen LogP contribution < -0.4 is 9.47 Å². The Balaban J connectivity index is 1.17. The van der Waals surface area contributed by atoms with E-state index < -0.39 is 41.9 Å². The van der Waals surface area contributed by atoms with E-state index in [0.717, 1.165) is 31.6 Å². The standard InChI is InChI=1S/C30H39F7O4/c1-2-3-4-19-7-11-22(12-8-19)23-13-9-20(10-14-23)5-6-21-17-38-28(39-18-21)29(33,34)40-24-15-25(31)27(26(32)16-24)41-30(35,36)37/h11,15-16,19-21,23,28H,2-10,12-14,17-18H2,1H3. The Bertz CT molecular complexity index is 990. The van der Waals surface area contributed by atoms with Crippen LogP contribution in [0, 0.1) is 35.3 Å². The van der Waals surface area contributed by atoms with Gasteiger partial charge in [-0.3, -0.25) is 0 Å². The number of hydrogen-bond donors (Lipinski definition) is 0. The molecule has 1 aliphatic heterocycles. The van der Waals surface area contributed by atoms with Gasteiger partial charge in [-0.25, -0.2) is 8.78 Å². The fourth-order valence-electron chi connectivity index (χ4n) is 6.25. The molecule has 1 heterocycles. The van der Waals surface area contributed by atoms with Crippen LogP contribution in [0.5, 0.6) is 11.5 Å². The molecule has 1 aromatic carbocycles. The maximum Gasteiger partial charge on any atom is 0.573 e. The van der Waals surface area contributed by atoms with Gasteiger partial charge in [-0.1, -0.05) is 44.3 Å². The first-order chi connectivity index (χ1) is 19.4. The number of allylic oxidation sites excluding steroid dienone is 2. The second-order valence-corrected chi connectivity index (χ2v) is 11.6. The molecular formula is C30H39F7O4. The van der Waals surface area contributed by atoms with Crippen LogP contribution in [0.25, 0.3) is 0 Å². The Morgan fingerprint density at radius 3 is 2.00 bits per heavy atom. The molecule has 1 saturated heterocycles. The molecule has 3 aliphatic rings. The third kappa shape index (κ3) is 9.24. The van der Waals surface area contributed by atoms with Crippen molar-refractivity contribution in [1.82, 2.24) is 0 Å². The number of ether oxygens (including phenoxy) is 4. The number of benzene rings is 1. The van der Waals surface area contributed by atoms with Gasteiger partial charge in [-0.2, -0.15) is 8.78 Å². The van der Waals surface area contributed by atoms with E-state index in [9.17, 15) is 30.7 Å². The highest BCUT2D eigenvalue weighted by Gasteiger charge is 2.47. The highest BCUT2D eigenvalue weighted by atomic mass is 19.4. The van der Waals surface area contributed by atoms with Crippen LogP contribution >= 0.6 is 0 Å². The summed E-state index contributed by atoms with van der Waals surface area (Å²) in [6, 6.07) is 0.348. The Morgan fingerprint density at radius 2 is 1.44 bits per heavy atom. The van der Waals surface area contributed by atoms with Crippen molar-refractivity contribution < 1.29 is 49.7 Å². The molecular weight excluding hydrogens is 557 g/mol. The molecule has 2 aliphatic carbocycles. The van der Waals surface area contributed by atoms with Crippen molar-refractivity contribution in [3.8, 4) is 11.5 Å². The summed E-state index contributed by atoms with van der Waals surface area (Å²) in [5.41, 5.74) is 1.65. The van der Waals surface area contributed by atoms with Gasteiger partial charge in [-0.15, -0.1) is 13.2 Å². The average molecular weight is 597 g/mol. The number of alkyl halides is 5. The summed E-state index contributed by atoms with van der Waals surface area (Å²) in [5.74, 6) is -4.45. The molecule has 4 nitrogen and oxygen atoms in total. The summed E-state index contributed by atoms with van der Waals surface area (Å²) in [4.78, 5) is 0. The fraction of sp³-hybridized carbons (Fsp3) is 0.733. The number of halogens is 7. The first kappa shape index (κ1) is 31.9. The van der Waals surface area contributed by atoms with Gasteiger partial charge in [0, 0.05) is 18.1 Å². The monoisotopic (exact) mass is 596 g/mol. The molecule has 11 heteroatoms. The lowest BCUT2D eigenvalue weighted by atomic mass is 9.73. The van der Waals surface area contributed by atoms with Gasteiger partial charge in [0.25, 0.3) is 6.29 Å². The molecule has 0 amide bonds. The van der Waals surface area contributed by atoms with Gasteiger partial charge >= 0.3 is 12.5 Å². The van der Waals surface area contributed by atoms with Gasteiger partial charge in [0.05, 0.1) is 13.2 Å². The van der Waals surface area contributed by atoms with E-state index >= 15 is 0 Å². The van der Waals surface area contributed by atoms with Gasteiger partial charge in [-0.05, 0) is 69.1 Å². The van der Waals surface area contributed by atoms with Crippen LogP contribution in [0.4, 0.5) is 30.7 Å². The first-order valence-corrected chi connectivity index (χ1v) is 14.7. The van der Waals surface area contributed by atoms with Gasteiger partial charge in [0.15, 0.2) is 11.6 Å². The predicted octanol–water partition coefficient (Wildman–Crippen LogP) is 9.33. The maximum absolute atomic E-state index is 14.6. The van der Waals surface area contributed by atoms with Crippen LogP contribution in [-0.2, 0) is 9.47 Å². The quantitative estimate of drug-likeness (QED) is 0.188. The van der Waals surface area contributed by atoms with E-state index in [1.54, 1.807) is 5.57 Å². The second-order valence-electron chi connectivity index (χ2n) is 11.6. The van der Waals surface area contributed by atoms with Crippen molar-refractivity contribution in [1.29, 1.82) is 0 Å². The molecule has 1 atom stereocenters. The lowest BCUT2D eigenvalue weighted by molar-refractivity contribution is -0.352. The largest absolute Gasteiger partial charge is 0.573 e. The van der Waals surface area contributed by atoms with Gasteiger partial charge in [0.2, 0.25) is 5.75 Å². The second kappa shape index (κ2) is 14.0. The minimum Gasteiger partial charge on any atom is -0.429 e. The lowest BCUT2D eigenvalue weighted by Crippen LogP contribution is -2.47. The normalized spacial score (nSPS) is 27.8. The zero-order valence-corrected chi connectivity index (χ0v) is 23.3.